The third-order valence-electron chi connectivity index (χ3n) is 8.16. The predicted octanol–water partition coefficient (Wildman–Crippen LogP) is 9.70. The highest BCUT2D eigenvalue weighted by molar-refractivity contribution is 5.97. The molecule has 2 atom stereocenters. The quantitative estimate of drug-likeness (QED) is 0.134. The molecule has 0 heterocycles. The Balaban J connectivity index is 1.54. The van der Waals surface area contributed by atoms with Gasteiger partial charge in [-0.15, -0.1) is 0 Å². The number of carboxylic acids is 1. The molecule has 228 valence electrons. The molecule has 0 aromatic heterocycles. The molecule has 0 spiro atoms. The molecule has 1 aliphatic carbocycles. The summed E-state index contributed by atoms with van der Waals surface area (Å²) in [5.41, 5.74) is 1.36. The first kappa shape index (κ1) is 33.2. The Morgan fingerprint density at radius 1 is 0.857 bits per heavy atom. The number of esters is 1. The van der Waals surface area contributed by atoms with Crippen LogP contribution >= 0.6 is 0 Å². The van der Waals surface area contributed by atoms with Crippen molar-refractivity contribution in [3.63, 3.8) is 0 Å². The number of unbranched alkanes of at least 4 members (excludes halogenated alkanes) is 9. The van der Waals surface area contributed by atoms with Gasteiger partial charge in [-0.1, -0.05) is 127 Å². The minimum Gasteiger partial charge on any atom is -0.494 e. The molecule has 0 saturated heterocycles. The summed E-state index contributed by atoms with van der Waals surface area (Å²) in [4.78, 5) is 25.7. The number of hydrogen-bond donors (Lipinski definition) is 1. The van der Waals surface area contributed by atoms with E-state index in [9.17, 15) is 14.7 Å². The average molecular weight is 575 g/mol. The van der Waals surface area contributed by atoms with E-state index in [4.69, 9.17) is 9.47 Å². The van der Waals surface area contributed by atoms with Crippen LogP contribution in [0.25, 0.3) is 5.57 Å². The van der Waals surface area contributed by atoms with Gasteiger partial charge in [0, 0.05) is 0 Å². The van der Waals surface area contributed by atoms with Gasteiger partial charge < -0.3 is 14.6 Å². The zero-order valence-electron chi connectivity index (χ0n) is 25.9. The number of carbonyl (C=O) groups is 2. The molecule has 0 aliphatic heterocycles. The molecular formula is C37H50O5. The summed E-state index contributed by atoms with van der Waals surface area (Å²) in [5, 5.41) is 10.4. The zero-order valence-corrected chi connectivity index (χ0v) is 25.9. The van der Waals surface area contributed by atoms with Gasteiger partial charge >= 0.3 is 11.9 Å². The van der Waals surface area contributed by atoms with E-state index in [1.54, 1.807) is 30.3 Å². The third-order valence-corrected chi connectivity index (χ3v) is 8.16. The van der Waals surface area contributed by atoms with E-state index >= 15 is 0 Å². The maximum atomic E-state index is 13.0. The lowest BCUT2D eigenvalue weighted by atomic mass is 9.72. The summed E-state index contributed by atoms with van der Waals surface area (Å²) in [6, 6.07) is 14.9. The molecule has 0 radical (unpaired) electrons. The van der Waals surface area contributed by atoms with E-state index < -0.39 is 17.4 Å². The van der Waals surface area contributed by atoms with Gasteiger partial charge in [-0.25, -0.2) is 4.79 Å². The summed E-state index contributed by atoms with van der Waals surface area (Å²) < 4.78 is 11.6. The topological polar surface area (TPSA) is 72.8 Å². The molecule has 3 rings (SSSR count). The highest BCUT2D eigenvalue weighted by Gasteiger charge is 2.41. The Hall–Kier alpha value is -3.34. The zero-order chi connectivity index (χ0) is 30.2. The number of hydrogen-bond acceptors (Lipinski definition) is 4. The molecule has 1 N–H and O–H groups in total. The van der Waals surface area contributed by atoms with Crippen molar-refractivity contribution in [2.45, 2.75) is 116 Å². The lowest BCUT2D eigenvalue weighted by Gasteiger charge is -2.30. The highest BCUT2D eigenvalue weighted by Crippen LogP contribution is 2.39. The Kier molecular flexibility index (Phi) is 13.9. The van der Waals surface area contributed by atoms with Crippen molar-refractivity contribution in [3.8, 4) is 5.75 Å². The maximum absolute atomic E-state index is 13.0. The van der Waals surface area contributed by atoms with Gasteiger partial charge in [0.1, 0.15) is 11.2 Å². The Morgan fingerprint density at radius 2 is 1.50 bits per heavy atom. The molecule has 2 aromatic carbocycles. The molecule has 0 fully saturated rings. The fraction of sp³-hybridized carbons (Fsp3) is 0.514. The van der Waals surface area contributed by atoms with Crippen LogP contribution in [0.5, 0.6) is 5.75 Å². The van der Waals surface area contributed by atoms with Crippen molar-refractivity contribution in [1.29, 1.82) is 0 Å². The first-order chi connectivity index (χ1) is 20.4. The fourth-order valence-electron chi connectivity index (χ4n) is 5.61. The van der Waals surface area contributed by atoms with Crippen molar-refractivity contribution in [3.05, 3.63) is 83.4 Å². The van der Waals surface area contributed by atoms with Gasteiger partial charge in [-0.05, 0) is 61.1 Å². The fourth-order valence-corrected chi connectivity index (χ4v) is 5.61. The minimum atomic E-state index is -1.34. The van der Waals surface area contributed by atoms with Gasteiger partial charge in [-0.2, -0.15) is 0 Å². The SMILES string of the molecule is CCCCCCCCCCCCOc1ccc(C2=CCC(C(=O)O)(c3ccccc3C(=O)OC(C)CCC)C=C2)cc1. The Morgan fingerprint density at radius 3 is 2.10 bits per heavy atom. The molecule has 5 nitrogen and oxygen atoms in total. The third kappa shape index (κ3) is 9.61. The average Bonchev–Trinajstić information content (AvgIpc) is 3.00. The van der Waals surface area contributed by atoms with Crippen LogP contribution < -0.4 is 4.74 Å². The number of aliphatic carboxylic acids is 1. The standard InChI is InChI=1S/C37H50O5/c1-4-6-7-8-9-10-11-12-13-16-28-41-32-22-20-30(21-23-32)31-24-26-37(27-25-31,36(39)40)34-19-15-14-18-33(34)35(38)42-29(3)17-5-2/h14-15,18-26,29H,4-13,16-17,27-28H2,1-3H3,(H,39,40). The number of rotatable bonds is 19. The van der Waals surface area contributed by atoms with E-state index in [0.717, 1.165) is 42.8 Å². The molecule has 0 saturated carbocycles. The monoisotopic (exact) mass is 574 g/mol. The van der Waals surface area contributed by atoms with Crippen LogP contribution in [0.3, 0.4) is 0 Å². The number of benzene rings is 2. The minimum absolute atomic E-state index is 0.230. The molecule has 0 bridgehead atoms. The number of allylic oxidation sites excluding steroid dienone is 3. The van der Waals surface area contributed by atoms with Gasteiger partial charge in [0.15, 0.2) is 0 Å². The van der Waals surface area contributed by atoms with Crippen molar-refractivity contribution >= 4 is 17.5 Å². The molecule has 5 heteroatoms. The first-order valence-electron chi connectivity index (χ1n) is 16.1. The maximum Gasteiger partial charge on any atom is 0.338 e. The van der Waals surface area contributed by atoms with E-state index in [0.29, 0.717) is 11.1 Å². The van der Waals surface area contributed by atoms with Crippen LogP contribution in [0.2, 0.25) is 0 Å². The first-order valence-corrected chi connectivity index (χ1v) is 16.1. The second-order valence-electron chi connectivity index (χ2n) is 11.6. The predicted molar refractivity (Wildman–Crippen MR) is 171 cm³/mol. The lowest BCUT2D eigenvalue weighted by molar-refractivity contribution is -0.141. The van der Waals surface area contributed by atoms with E-state index in [1.807, 2.05) is 50.3 Å². The smallest absolute Gasteiger partial charge is 0.338 e. The summed E-state index contributed by atoms with van der Waals surface area (Å²) in [7, 11) is 0. The summed E-state index contributed by atoms with van der Waals surface area (Å²) in [5.74, 6) is -0.630. The normalized spacial score (nSPS) is 17.0. The van der Waals surface area contributed by atoms with Crippen molar-refractivity contribution < 1.29 is 24.2 Å². The molecule has 42 heavy (non-hydrogen) atoms. The summed E-state index contributed by atoms with van der Waals surface area (Å²) in [6.45, 7) is 6.88. The van der Waals surface area contributed by atoms with Crippen LogP contribution in [-0.2, 0) is 14.9 Å². The van der Waals surface area contributed by atoms with Crippen molar-refractivity contribution in [2.24, 2.45) is 0 Å². The second kappa shape index (κ2) is 17.6. The van der Waals surface area contributed by atoms with Crippen LogP contribution in [0.1, 0.15) is 126 Å². The number of carbonyl (C=O) groups excluding carboxylic acids is 1. The summed E-state index contributed by atoms with van der Waals surface area (Å²) in [6.07, 6.45) is 20.2. The summed E-state index contributed by atoms with van der Waals surface area (Å²) >= 11 is 0. The van der Waals surface area contributed by atoms with Crippen LogP contribution in [-0.4, -0.2) is 29.8 Å². The van der Waals surface area contributed by atoms with Crippen LogP contribution in [0.4, 0.5) is 0 Å². The van der Waals surface area contributed by atoms with Gasteiger partial charge in [0.25, 0.3) is 0 Å². The number of carboxylic acid groups (broad SMARTS) is 1. The van der Waals surface area contributed by atoms with Crippen molar-refractivity contribution in [2.75, 3.05) is 6.61 Å². The Labute approximate surface area is 253 Å². The molecule has 2 aromatic rings. The lowest BCUT2D eigenvalue weighted by Crippen LogP contribution is -2.36. The molecule has 2 unspecified atom stereocenters. The number of ether oxygens (including phenoxy) is 2. The van der Waals surface area contributed by atoms with Gasteiger partial charge in [0.05, 0.1) is 18.3 Å². The largest absolute Gasteiger partial charge is 0.494 e. The Bertz CT molecular complexity index is 1180. The second-order valence-corrected chi connectivity index (χ2v) is 11.6. The molecule has 1 aliphatic rings. The van der Waals surface area contributed by atoms with Gasteiger partial charge in [-0.3, -0.25) is 4.79 Å². The van der Waals surface area contributed by atoms with Crippen LogP contribution in [0.15, 0.2) is 66.8 Å². The molecular weight excluding hydrogens is 524 g/mol. The van der Waals surface area contributed by atoms with Crippen molar-refractivity contribution in [1.82, 2.24) is 0 Å². The van der Waals surface area contributed by atoms with E-state index in [-0.39, 0.29) is 12.5 Å². The van der Waals surface area contributed by atoms with E-state index in [2.05, 4.69) is 6.92 Å². The van der Waals surface area contributed by atoms with Gasteiger partial charge in [0.2, 0.25) is 0 Å². The molecule has 0 amide bonds. The van der Waals surface area contributed by atoms with E-state index in [1.165, 1.54) is 57.8 Å². The van der Waals surface area contributed by atoms with Crippen LogP contribution in [0, 0.1) is 0 Å². The highest BCUT2D eigenvalue weighted by atomic mass is 16.5.